The average molecular weight is 466 g/mol. The predicted octanol–water partition coefficient (Wildman–Crippen LogP) is 8.10. The molecule has 0 N–H and O–H groups in total. The summed E-state index contributed by atoms with van der Waals surface area (Å²) in [7, 11) is 0. The Balaban J connectivity index is 1.67. The molecule has 0 aliphatic heterocycles. The lowest BCUT2D eigenvalue weighted by molar-refractivity contribution is -0.133. The molecule has 0 radical (unpaired) electrons. The molecule has 1 aromatic heterocycles. The fourth-order valence-electron chi connectivity index (χ4n) is 3.75. The smallest absolute Gasteiger partial charge is 0.315 e. The summed E-state index contributed by atoms with van der Waals surface area (Å²) < 4.78 is 10.9. The number of nitrogens with zero attached hydrogens (tertiary/aromatic N) is 1. The number of unbranched alkanes of at least 4 members (excludes halogenated alkanes) is 7. The van der Waals surface area contributed by atoms with Crippen LogP contribution in [0.25, 0.3) is 11.3 Å². The molecule has 34 heavy (non-hydrogen) atoms. The van der Waals surface area contributed by atoms with Crippen molar-refractivity contribution < 1.29 is 14.3 Å². The minimum Gasteiger partial charge on any atom is -0.425 e. The first-order valence-electron chi connectivity index (χ1n) is 13.2. The Morgan fingerprint density at radius 1 is 0.824 bits per heavy atom. The van der Waals surface area contributed by atoms with Gasteiger partial charge in [-0.2, -0.15) is 0 Å². The van der Waals surface area contributed by atoms with E-state index in [0.717, 1.165) is 50.2 Å². The van der Waals surface area contributed by atoms with E-state index in [1.165, 1.54) is 50.5 Å². The summed E-state index contributed by atoms with van der Waals surface area (Å²) in [5.74, 6) is 0.235. The Kier molecular flexibility index (Phi) is 14.7. The van der Waals surface area contributed by atoms with Gasteiger partial charge in [0, 0.05) is 18.8 Å². The Bertz CT molecular complexity index is 812. The van der Waals surface area contributed by atoms with Crippen molar-refractivity contribution in [2.24, 2.45) is 0 Å². The van der Waals surface area contributed by atoms with Crippen molar-refractivity contribution >= 4 is 5.97 Å². The molecule has 4 nitrogen and oxygen atoms in total. The second-order valence-corrected chi connectivity index (χ2v) is 8.85. The van der Waals surface area contributed by atoms with Gasteiger partial charge in [-0.25, -0.2) is 0 Å². The van der Waals surface area contributed by atoms with Crippen LogP contribution in [0.15, 0.2) is 54.7 Å². The van der Waals surface area contributed by atoms with Crippen molar-refractivity contribution in [3.63, 3.8) is 0 Å². The van der Waals surface area contributed by atoms with E-state index < -0.39 is 0 Å². The van der Waals surface area contributed by atoms with E-state index in [1.54, 1.807) is 6.20 Å². The van der Waals surface area contributed by atoms with Crippen LogP contribution in [0.3, 0.4) is 0 Å². The van der Waals surface area contributed by atoms with E-state index in [4.69, 9.17) is 9.47 Å². The Labute approximate surface area is 206 Å². The highest BCUT2D eigenvalue weighted by atomic mass is 16.5. The SMILES string of the molecule is CCCCCCC/C=C\CC(=O)Oc1ccc(-c2ccc(CCCCCOCCC)cc2)nc1. The van der Waals surface area contributed by atoms with Crippen LogP contribution >= 0.6 is 0 Å². The summed E-state index contributed by atoms with van der Waals surface area (Å²) in [5, 5.41) is 0. The maximum absolute atomic E-state index is 12.0. The van der Waals surface area contributed by atoms with Gasteiger partial charge in [0.1, 0.15) is 5.75 Å². The second-order valence-electron chi connectivity index (χ2n) is 8.85. The maximum Gasteiger partial charge on any atom is 0.315 e. The molecule has 0 spiro atoms. The van der Waals surface area contributed by atoms with Crippen LogP contribution in [0, 0.1) is 0 Å². The van der Waals surface area contributed by atoms with Gasteiger partial charge in [0.2, 0.25) is 0 Å². The topological polar surface area (TPSA) is 48.4 Å². The van der Waals surface area contributed by atoms with Gasteiger partial charge in [0.25, 0.3) is 0 Å². The van der Waals surface area contributed by atoms with Crippen LogP contribution in [0.1, 0.15) is 90.0 Å². The highest BCUT2D eigenvalue weighted by Gasteiger charge is 2.05. The van der Waals surface area contributed by atoms with Crippen molar-refractivity contribution in [3.05, 3.63) is 60.3 Å². The number of hydrogen-bond acceptors (Lipinski definition) is 4. The predicted molar refractivity (Wildman–Crippen MR) is 141 cm³/mol. The molecule has 4 heteroatoms. The maximum atomic E-state index is 12.0. The third kappa shape index (κ3) is 12.1. The van der Waals surface area contributed by atoms with Crippen LogP contribution in [-0.2, 0) is 16.0 Å². The highest BCUT2D eigenvalue weighted by Crippen LogP contribution is 2.21. The van der Waals surface area contributed by atoms with Gasteiger partial charge < -0.3 is 9.47 Å². The molecule has 0 bridgehead atoms. The number of aromatic nitrogens is 1. The largest absolute Gasteiger partial charge is 0.425 e. The number of allylic oxidation sites excluding steroid dienone is 1. The van der Waals surface area contributed by atoms with Gasteiger partial charge in [0.15, 0.2) is 0 Å². The fraction of sp³-hybridized carbons (Fsp3) is 0.533. The molecule has 0 aliphatic rings. The molecule has 0 fully saturated rings. The zero-order valence-corrected chi connectivity index (χ0v) is 21.3. The molecule has 0 aliphatic carbocycles. The first-order chi connectivity index (χ1) is 16.7. The molecular weight excluding hydrogens is 422 g/mol. The van der Waals surface area contributed by atoms with Crippen molar-refractivity contribution in [2.45, 2.75) is 90.9 Å². The molecule has 186 valence electrons. The number of ether oxygens (including phenoxy) is 2. The second kappa shape index (κ2) is 17.9. The summed E-state index contributed by atoms with van der Waals surface area (Å²) >= 11 is 0. The van der Waals surface area contributed by atoms with Gasteiger partial charge in [-0.15, -0.1) is 0 Å². The lowest BCUT2D eigenvalue weighted by atomic mass is 10.0. The van der Waals surface area contributed by atoms with E-state index in [-0.39, 0.29) is 5.97 Å². The number of carbonyl (C=O) groups is 1. The minimum absolute atomic E-state index is 0.252. The van der Waals surface area contributed by atoms with Gasteiger partial charge in [-0.3, -0.25) is 9.78 Å². The molecule has 0 atom stereocenters. The lowest BCUT2D eigenvalue weighted by Gasteiger charge is -2.06. The van der Waals surface area contributed by atoms with Gasteiger partial charge in [0.05, 0.1) is 18.3 Å². The number of carbonyl (C=O) groups excluding carboxylic acids is 1. The van der Waals surface area contributed by atoms with E-state index in [0.29, 0.717) is 12.2 Å². The van der Waals surface area contributed by atoms with E-state index in [9.17, 15) is 4.79 Å². The van der Waals surface area contributed by atoms with Crippen molar-refractivity contribution in [2.75, 3.05) is 13.2 Å². The standard InChI is InChI=1S/C30H43NO3/c1-3-5-6-7-8-9-10-13-16-30(32)34-28-21-22-29(31-25-28)27-19-17-26(18-20-27)15-12-11-14-24-33-23-4-2/h10,13,17-22,25H,3-9,11-12,14-16,23-24H2,1-2H3/b13-10-. The average Bonchev–Trinajstić information content (AvgIpc) is 2.86. The molecule has 2 rings (SSSR count). The summed E-state index contributed by atoms with van der Waals surface area (Å²) in [5.41, 5.74) is 3.29. The van der Waals surface area contributed by atoms with Gasteiger partial charge in [-0.05, 0) is 56.2 Å². The number of aryl methyl sites for hydroxylation is 1. The van der Waals surface area contributed by atoms with Gasteiger partial charge >= 0.3 is 5.97 Å². The first-order valence-corrected chi connectivity index (χ1v) is 13.2. The molecule has 1 aromatic carbocycles. The summed E-state index contributed by atoms with van der Waals surface area (Å²) in [6, 6.07) is 12.3. The number of esters is 1. The highest BCUT2D eigenvalue weighted by molar-refractivity contribution is 5.74. The summed E-state index contributed by atoms with van der Waals surface area (Å²) in [6.45, 7) is 6.11. The Hall–Kier alpha value is -2.46. The van der Waals surface area contributed by atoms with Crippen LogP contribution in [-0.4, -0.2) is 24.2 Å². The van der Waals surface area contributed by atoms with Gasteiger partial charge in [-0.1, -0.05) is 82.4 Å². The minimum atomic E-state index is -0.252. The zero-order valence-electron chi connectivity index (χ0n) is 21.3. The van der Waals surface area contributed by atoms with Crippen molar-refractivity contribution in [1.29, 1.82) is 0 Å². The van der Waals surface area contributed by atoms with Crippen LogP contribution in [0.2, 0.25) is 0 Å². The van der Waals surface area contributed by atoms with Crippen LogP contribution in [0.5, 0.6) is 5.75 Å². The van der Waals surface area contributed by atoms with E-state index in [1.807, 2.05) is 18.2 Å². The zero-order chi connectivity index (χ0) is 24.3. The summed E-state index contributed by atoms with van der Waals surface area (Å²) in [4.78, 5) is 16.5. The van der Waals surface area contributed by atoms with E-state index >= 15 is 0 Å². The number of hydrogen-bond donors (Lipinski definition) is 0. The number of benzene rings is 1. The van der Waals surface area contributed by atoms with Crippen molar-refractivity contribution in [3.8, 4) is 17.0 Å². The fourth-order valence-corrected chi connectivity index (χ4v) is 3.75. The van der Waals surface area contributed by atoms with Crippen molar-refractivity contribution in [1.82, 2.24) is 4.98 Å². The Morgan fingerprint density at radius 3 is 2.35 bits per heavy atom. The quantitative estimate of drug-likeness (QED) is 0.127. The molecule has 0 amide bonds. The monoisotopic (exact) mass is 465 g/mol. The summed E-state index contributed by atoms with van der Waals surface area (Å²) in [6.07, 6.45) is 19.0. The first kappa shape index (κ1) is 27.8. The Morgan fingerprint density at radius 2 is 1.62 bits per heavy atom. The third-order valence-electron chi connectivity index (χ3n) is 5.75. The molecular formula is C30H43NO3. The number of pyridine rings is 1. The van der Waals surface area contributed by atoms with E-state index in [2.05, 4.69) is 49.2 Å². The van der Waals surface area contributed by atoms with Crippen LogP contribution < -0.4 is 4.74 Å². The van der Waals surface area contributed by atoms with Crippen LogP contribution in [0.4, 0.5) is 0 Å². The molecule has 0 saturated carbocycles. The normalized spacial score (nSPS) is 11.2. The molecule has 0 saturated heterocycles. The molecule has 2 aromatic rings. The lowest BCUT2D eigenvalue weighted by Crippen LogP contribution is -2.06. The number of rotatable bonds is 18. The molecule has 1 heterocycles. The molecule has 0 unspecified atom stereocenters. The third-order valence-corrected chi connectivity index (χ3v) is 5.75.